The van der Waals surface area contributed by atoms with E-state index in [9.17, 15) is 0 Å². The molecule has 0 aromatic rings. The zero-order valence-corrected chi connectivity index (χ0v) is 13.4. The summed E-state index contributed by atoms with van der Waals surface area (Å²) in [5.74, 6) is -3.65. The molecular weight excluding hydrogens is 351 g/mol. The van der Waals surface area contributed by atoms with Crippen molar-refractivity contribution in [1.82, 2.24) is 0 Å². The maximum atomic E-state index is 9.10. The van der Waals surface area contributed by atoms with Crippen molar-refractivity contribution in [2.45, 2.75) is 0 Å². The number of phosphoric acid groups is 1. The summed E-state index contributed by atoms with van der Waals surface area (Å²) in [5.41, 5.74) is 0. The van der Waals surface area contributed by atoms with Gasteiger partial charge in [0.1, 0.15) is 0 Å². The van der Waals surface area contributed by atoms with Crippen LogP contribution < -0.4 is 29.6 Å². The molecule has 0 heterocycles. The first-order chi connectivity index (χ1) is 8.89. The second-order valence-corrected chi connectivity index (χ2v) is 2.46. The molecule has 0 aromatic carbocycles. The summed E-state index contributed by atoms with van der Waals surface area (Å²) in [4.78, 5) is 64.8. The zero-order chi connectivity index (χ0) is 17.8. The molecule has 14 nitrogen and oxygen atoms in total. The minimum Gasteiger partial charge on any atom is -1.00 e. The molecule has 0 fully saturated rings. The van der Waals surface area contributed by atoms with E-state index in [2.05, 4.69) is 0 Å². The van der Waals surface area contributed by atoms with E-state index < -0.39 is 19.8 Å². The average molecular weight is 361 g/mol. The number of carbonyl (C=O) groups is 2. The van der Waals surface area contributed by atoms with Crippen LogP contribution in [0.5, 0.6) is 0 Å². The third-order valence-electron chi connectivity index (χ3n) is 0.183. The van der Waals surface area contributed by atoms with Gasteiger partial charge in [-0.3, -0.25) is 4.70 Å². The molecule has 0 saturated heterocycles. The number of carboxylic acid groups (broad SMARTS) is 2. The molecule has 0 bridgehead atoms. The molecule has 0 aliphatic rings. The van der Waals surface area contributed by atoms with Crippen molar-refractivity contribution in [2.75, 3.05) is 0 Å². The fourth-order valence-corrected chi connectivity index (χ4v) is 0. The molecule has 124 valence electrons. The number of carboxylic acids is 2. The van der Waals surface area contributed by atoms with E-state index >= 15 is 0 Å². The first-order valence-corrected chi connectivity index (χ1v) is 4.82. The Morgan fingerprint density at radius 1 is 0.818 bits per heavy atom. The summed E-state index contributed by atoms with van der Waals surface area (Å²) in [6.07, 6.45) is 2.25. The summed E-state index contributed by atoms with van der Waals surface area (Å²) in [7, 11) is -4.64. The fraction of sp³-hybridized carbons (Fsp3) is 0. The maximum absolute atomic E-state index is 9.10. The van der Waals surface area contributed by atoms with Crippen LogP contribution in [0.4, 0.5) is 4.70 Å². The SMILES string of the molecule is F.N=C=O.N=C=O.N=C=O.O=C(O)C(=O)O.O=P(O)(O)O.[H-].[Na+]. The van der Waals surface area contributed by atoms with Gasteiger partial charge in [0.05, 0.1) is 0 Å². The van der Waals surface area contributed by atoms with E-state index in [1.54, 1.807) is 0 Å². The molecule has 0 radical (unpaired) electrons. The Kier molecular flexibility index (Phi) is 70.8. The number of halogens is 1. The van der Waals surface area contributed by atoms with E-state index in [0.29, 0.717) is 0 Å². The Labute approximate surface area is 143 Å². The van der Waals surface area contributed by atoms with Gasteiger partial charge in [0, 0.05) is 0 Å². The van der Waals surface area contributed by atoms with Crippen LogP contribution in [-0.2, 0) is 28.5 Å². The summed E-state index contributed by atoms with van der Waals surface area (Å²) >= 11 is 0. The van der Waals surface area contributed by atoms with E-state index in [1.807, 2.05) is 0 Å². The molecule has 17 heteroatoms. The Morgan fingerprint density at radius 3 is 0.864 bits per heavy atom. The van der Waals surface area contributed by atoms with Crippen LogP contribution in [0.15, 0.2) is 0 Å². The minimum atomic E-state index is -4.64. The zero-order valence-electron chi connectivity index (χ0n) is 11.5. The van der Waals surface area contributed by atoms with Crippen molar-refractivity contribution in [3.63, 3.8) is 0 Å². The monoisotopic (exact) mass is 361 g/mol. The van der Waals surface area contributed by atoms with Gasteiger partial charge < -0.3 is 26.3 Å². The quantitative estimate of drug-likeness (QED) is 0.0666. The molecular formula is C5H10FN3NaO11P. The van der Waals surface area contributed by atoms with E-state index in [4.69, 9.17) is 69.7 Å². The molecule has 0 aromatic heterocycles. The summed E-state index contributed by atoms with van der Waals surface area (Å²) in [5, 5.41) is 31.0. The number of rotatable bonds is 0. The van der Waals surface area contributed by atoms with Crippen molar-refractivity contribution < 1.29 is 89.1 Å². The minimum absolute atomic E-state index is 0. The smallest absolute Gasteiger partial charge is 1.00 e. The topological polar surface area (TPSA) is 275 Å². The van der Waals surface area contributed by atoms with Crippen LogP contribution in [0, 0.1) is 16.2 Å². The molecule has 0 aliphatic carbocycles. The molecule has 22 heavy (non-hydrogen) atoms. The van der Waals surface area contributed by atoms with Crippen molar-refractivity contribution >= 4 is 38.0 Å². The van der Waals surface area contributed by atoms with Gasteiger partial charge in [0.2, 0.25) is 18.2 Å². The molecule has 0 unspecified atom stereocenters. The van der Waals surface area contributed by atoms with Crippen molar-refractivity contribution in [3.05, 3.63) is 0 Å². The summed E-state index contributed by atoms with van der Waals surface area (Å²) in [6.45, 7) is 0. The van der Waals surface area contributed by atoms with Crippen LogP contribution >= 0.6 is 7.82 Å². The molecule has 8 N–H and O–H groups in total. The normalized spacial score (nSPS) is 5.77. The Hall–Kier alpha value is -1.88. The van der Waals surface area contributed by atoms with Crippen LogP contribution in [0.2, 0.25) is 0 Å². The second-order valence-electron chi connectivity index (χ2n) is 1.43. The predicted octanol–water partition coefficient (Wildman–Crippen LogP) is -4.80. The van der Waals surface area contributed by atoms with Crippen molar-refractivity contribution in [2.24, 2.45) is 0 Å². The average Bonchev–Trinajstić information content (AvgIpc) is 2.18. The fourth-order valence-electron chi connectivity index (χ4n) is 0. The van der Waals surface area contributed by atoms with E-state index in [-0.39, 0.29) is 35.7 Å². The number of aliphatic carboxylic acids is 2. The van der Waals surface area contributed by atoms with E-state index in [0.717, 1.165) is 18.2 Å². The standard InChI is InChI=1S/C2H2O4.3CHNO.FH.Na.H3O4P.H/c3-1(4)2(5)6;3*2-1-3;;;1-5(2,3)4;/h(H,3,4)(H,5,6);3*2H;1H;;(H3,1,2,3,4);/q;;;;;+1;;-1. The number of carbonyl (C=O) groups excluding carboxylic acids is 3. The van der Waals surface area contributed by atoms with Crippen molar-refractivity contribution in [3.8, 4) is 0 Å². The maximum Gasteiger partial charge on any atom is 1.00 e. The largest absolute Gasteiger partial charge is 1.00 e. The van der Waals surface area contributed by atoms with Gasteiger partial charge in [-0.1, -0.05) is 0 Å². The molecule has 0 aliphatic heterocycles. The van der Waals surface area contributed by atoms with Gasteiger partial charge in [-0.2, -0.15) is 0 Å². The molecule has 0 saturated carbocycles. The first kappa shape index (κ1) is 42.7. The van der Waals surface area contributed by atoms with Crippen LogP contribution in [0.1, 0.15) is 1.43 Å². The van der Waals surface area contributed by atoms with E-state index in [1.165, 1.54) is 0 Å². The van der Waals surface area contributed by atoms with Crippen LogP contribution in [-0.4, -0.2) is 55.1 Å². The van der Waals surface area contributed by atoms with Gasteiger partial charge in [-0.05, 0) is 0 Å². The first-order valence-electron chi connectivity index (χ1n) is 3.25. The molecule has 0 rings (SSSR count). The number of hydrogen-bond donors (Lipinski definition) is 8. The Balaban J connectivity index is -0.0000000204. The van der Waals surface area contributed by atoms with Gasteiger partial charge >= 0.3 is 49.3 Å². The number of isocyanates is 3. The Morgan fingerprint density at radius 2 is 0.864 bits per heavy atom. The second kappa shape index (κ2) is 36.5. The third kappa shape index (κ3) is 1180. The van der Waals surface area contributed by atoms with Gasteiger partial charge in [0.15, 0.2) is 0 Å². The van der Waals surface area contributed by atoms with Gasteiger partial charge in [-0.15, -0.1) is 0 Å². The summed E-state index contributed by atoms with van der Waals surface area (Å²) in [6, 6.07) is 0. The molecule has 0 amide bonds. The van der Waals surface area contributed by atoms with Crippen LogP contribution in [0.25, 0.3) is 0 Å². The predicted molar refractivity (Wildman–Crippen MR) is 58.4 cm³/mol. The molecule has 0 atom stereocenters. The van der Waals surface area contributed by atoms with Crippen LogP contribution in [0.3, 0.4) is 0 Å². The van der Waals surface area contributed by atoms with Gasteiger partial charge in [0.25, 0.3) is 0 Å². The number of hydrogen-bond acceptors (Lipinski definition) is 9. The summed E-state index contributed by atoms with van der Waals surface area (Å²) < 4.78 is 8.88. The number of nitrogens with one attached hydrogen (secondary N) is 3. The molecule has 0 spiro atoms. The van der Waals surface area contributed by atoms with Crippen molar-refractivity contribution in [1.29, 1.82) is 16.2 Å². The Bertz CT molecular complexity index is 377. The third-order valence-corrected chi connectivity index (χ3v) is 0.183. The van der Waals surface area contributed by atoms with Gasteiger partial charge in [-0.25, -0.2) is 44.8 Å².